The molecular weight excluding hydrogens is 220 g/mol. The molecule has 0 bridgehead atoms. The number of amides is 2. The first kappa shape index (κ1) is 14.0. The van der Waals surface area contributed by atoms with E-state index in [9.17, 15) is 9.59 Å². The first-order valence-electron chi connectivity index (χ1n) is 6.30. The minimum atomic E-state index is -0.312. The summed E-state index contributed by atoms with van der Waals surface area (Å²) in [6.45, 7) is 1.74. The van der Waals surface area contributed by atoms with Crippen molar-refractivity contribution in [3.8, 4) is 0 Å². The lowest BCUT2D eigenvalue weighted by atomic mass is 9.98. The zero-order chi connectivity index (χ0) is 12.7. The van der Waals surface area contributed by atoms with Crippen molar-refractivity contribution in [3.05, 3.63) is 0 Å². The lowest BCUT2D eigenvalue weighted by Crippen LogP contribution is -2.45. The van der Waals surface area contributed by atoms with E-state index in [4.69, 9.17) is 5.11 Å². The highest BCUT2D eigenvalue weighted by Crippen LogP contribution is 2.18. The Bertz CT molecular complexity index is 252. The molecule has 1 rings (SSSR count). The van der Waals surface area contributed by atoms with Crippen LogP contribution in [0.25, 0.3) is 0 Å². The number of carbonyl (C=O) groups is 2. The van der Waals surface area contributed by atoms with Gasteiger partial charge in [-0.2, -0.15) is 0 Å². The fourth-order valence-corrected chi connectivity index (χ4v) is 2.29. The highest BCUT2D eigenvalue weighted by Gasteiger charge is 2.26. The molecule has 2 amide bonds. The average Bonchev–Trinajstić information content (AvgIpc) is 2.80. The normalized spacial score (nSPS) is 19.6. The first-order valence-corrected chi connectivity index (χ1v) is 6.30. The third-order valence-corrected chi connectivity index (χ3v) is 3.44. The number of hydrogen-bond acceptors (Lipinski definition) is 3. The van der Waals surface area contributed by atoms with Gasteiger partial charge in [-0.15, -0.1) is 0 Å². The van der Waals surface area contributed by atoms with E-state index in [2.05, 4.69) is 10.6 Å². The van der Waals surface area contributed by atoms with Crippen LogP contribution >= 0.6 is 0 Å². The number of aliphatic hydroxyl groups excluding tert-OH is 1. The van der Waals surface area contributed by atoms with E-state index in [1.807, 2.05) is 0 Å². The van der Waals surface area contributed by atoms with Gasteiger partial charge in [0.2, 0.25) is 12.3 Å². The van der Waals surface area contributed by atoms with Crippen molar-refractivity contribution in [1.82, 2.24) is 10.6 Å². The van der Waals surface area contributed by atoms with Gasteiger partial charge < -0.3 is 15.7 Å². The zero-order valence-electron chi connectivity index (χ0n) is 10.3. The Hall–Kier alpha value is -1.10. The van der Waals surface area contributed by atoms with Gasteiger partial charge in [-0.25, -0.2) is 0 Å². The van der Waals surface area contributed by atoms with Crippen molar-refractivity contribution in [2.45, 2.75) is 51.1 Å². The number of aliphatic hydroxyl groups is 1. The molecule has 17 heavy (non-hydrogen) atoms. The van der Waals surface area contributed by atoms with Crippen molar-refractivity contribution in [2.24, 2.45) is 5.92 Å². The second-order valence-electron chi connectivity index (χ2n) is 4.68. The lowest BCUT2D eigenvalue weighted by Gasteiger charge is -2.23. The molecule has 1 aliphatic rings. The standard InChI is InChI=1S/C12H22N2O3/c1-9(11(6-7-15)13-8-16)12(17)14-10-4-2-3-5-10/h8-11,15H,2-7H2,1H3,(H,13,16)(H,14,17). The van der Waals surface area contributed by atoms with Crippen LogP contribution in [0.3, 0.4) is 0 Å². The average molecular weight is 242 g/mol. The third kappa shape index (κ3) is 4.34. The van der Waals surface area contributed by atoms with E-state index in [1.54, 1.807) is 6.92 Å². The summed E-state index contributed by atoms with van der Waals surface area (Å²) in [5.41, 5.74) is 0. The van der Waals surface area contributed by atoms with Crippen molar-refractivity contribution in [3.63, 3.8) is 0 Å². The minimum Gasteiger partial charge on any atom is -0.396 e. The molecule has 1 aliphatic carbocycles. The van der Waals surface area contributed by atoms with Gasteiger partial charge in [0.1, 0.15) is 0 Å². The largest absolute Gasteiger partial charge is 0.396 e. The summed E-state index contributed by atoms with van der Waals surface area (Å²) in [6.07, 6.45) is 5.42. The Kier molecular flexibility index (Phi) is 5.97. The maximum atomic E-state index is 11.9. The molecule has 0 aromatic rings. The fraction of sp³-hybridized carbons (Fsp3) is 0.833. The van der Waals surface area contributed by atoms with Gasteiger partial charge in [0.05, 0.1) is 5.92 Å². The second kappa shape index (κ2) is 7.27. The first-order chi connectivity index (χ1) is 8.19. The number of nitrogens with one attached hydrogen (secondary N) is 2. The summed E-state index contributed by atoms with van der Waals surface area (Å²) in [7, 11) is 0. The van der Waals surface area contributed by atoms with E-state index in [-0.39, 0.29) is 30.5 Å². The Labute approximate surface area is 102 Å². The minimum absolute atomic E-state index is 0.0352. The molecule has 0 aliphatic heterocycles. The quantitative estimate of drug-likeness (QED) is 0.557. The van der Waals surface area contributed by atoms with Gasteiger partial charge in [-0.1, -0.05) is 19.8 Å². The van der Waals surface area contributed by atoms with E-state index in [0.717, 1.165) is 12.8 Å². The van der Waals surface area contributed by atoms with E-state index < -0.39 is 0 Å². The molecule has 0 saturated heterocycles. The predicted molar refractivity (Wildman–Crippen MR) is 64.3 cm³/mol. The van der Waals surface area contributed by atoms with Crippen LogP contribution in [0.5, 0.6) is 0 Å². The van der Waals surface area contributed by atoms with Crippen molar-refractivity contribution < 1.29 is 14.7 Å². The number of rotatable bonds is 7. The van der Waals surface area contributed by atoms with Crippen LogP contribution in [0.2, 0.25) is 0 Å². The van der Waals surface area contributed by atoms with Gasteiger partial charge >= 0.3 is 0 Å². The zero-order valence-corrected chi connectivity index (χ0v) is 10.3. The smallest absolute Gasteiger partial charge is 0.225 e. The molecule has 2 atom stereocenters. The van der Waals surface area contributed by atoms with Gasteiger partial charge in [0.15, 0.2) is 0 Å². The molecule has 2 unspecified atom stereocenters. The molecular formula is C12H22N2O3. The van der Waals surface area contributed by atoms with Crippen LogP contribution in [0.1, 0.15) is 39.0 Å². The number of hydrogen-bond donors (Lipinski definition) is 3. The van der Waals surface area contributed by atoms with Crippen LogP contribution in [-0.4, -0.2) is 36.1 Å². The van der Waals surface area contributed by atoms with Crippen LogP contribution in [0.4, 0.5) is 0 Å². The van der Waals surface area contributed by atoms with E-state index >= 15 is 0 Å². The Morgan fingerprint density at radius 3 is 2.65 bits per heavy atom. The molecule has 98 valence electrons. The molecule has 0 heterocycles. The topological polar surface area (TPSA) is 78.4 Å². The number of carbonyl (C=O) groups excluding carboxylic acids is 2. The third-order valence-electron chi connectivity index (χ3n) is 3.44. The summed E-state index contributed by atoms with van der Waals surface area (Å²) in [4.78, 5) is 22.4. The SMILES string of the molecule is CC(C(=O)NC1CCCC1)C(CCO)NC=O. The predicted octanol–water partition coefficient (Wildman–Crippen LogP) is 0.178. The Morgan fingerprint density at radius 1 is 1.47 bits per heavy atom. The maximum absolute atomic E-state index is 11.9. The Morgan fingerprint density at radius 2 is 2.12 bits per heavy atom. The molecule has 5 heteroatoms. The van der Waals surface area contributed by atoms with Crippen LogP contribution in [0, 0.1) is 5.92 Å². The summed E-state index contributed by atoms with van der Waals surface area (Å²) < 4.78 is 0. The lowest BCUT2D eigenvalue weighted by molar-refractivity contribution is -0.126. The van der Waals surface area contributed by atoms with Crippen LogP contribution in [0.15, 0.2) is 0 Å². The second-order valence-corrected chi connectivity index (χ2v) is 4.68. The highest BCUT2D eigenvalue weighted by atomic mass is 16.3. The highest BCUT2D eigenvalue weighted by molar-refractivity contribution is 5.79. The molecule has 0 aromatic carbocycles. The molecule has 0 spiro atoms. The molecule has 1 saturated carbocycles. The molecule has 0 aromatic heterocycles. The van der Waals surface area contributed by atoms with Crippen LogP contribution < -0.4 is 10.6 Å². The summed E-state index contributed by atoms with van der Waals surface area (Å²) in [6, 6.07) is -0.00476. The Balaban J connectivity index is 2.43. The van der Waals surface area contributed by atoms with Gasteiger partial charge in [-0.3, -0.25) is 9.59 Å². The van der Waals surface area contributed by atoms with Crippen molar-refractivity contribution in [1.29, 1.82) is 0 Å². The van der Waals surface area contributed by atoms with Crippen molar-refractivity contribution in [2.75, 3.05) is 6.61 Å². The van der Waals surface area contributed by atoms with Gasteiger partial charge in [0.25, 0.3) is 0 Å². The van der Waals surface area contributed by atoms with Gasteiger partial charge in [0, 0.05) is 18.7 Å². The van der Waals surface area contributed by atoms with Gasteiger partial charge in [-0.05, 0) is 19.3 Å². The molecule has 5 nitrogen and oxygen atoms in total. The molecule has 3 N–H and O–H groups in total. The summed E-state index contributed by atoms with van der Waals surface area (Å²) in [5.74, 6) is -0.349. The fourth-order valence-electron chi connectivity index (χ4n) is 2.29. The molecule has 1 fully saturated rings. The summed E-state index contributed by atoms with van der Waals surface area (Å²) in [5, 5.41) is 14.5. The maximum Gasteiger partial charge on any atom is 0.225 e. The van der Waals surface area contributed by atoms with Crippen molar-refractivity contribution >= 4 is 12.3 Å². The van der Waals surface area contributed by atoms with Crippen LogP contribution in [-0.2, 0) is 9.59 Å². The molecule has 0 radical (unpaired) electrons. The van der Waals surface area contributed by atoms with E-state index in [0.29, 0.717) is 12.8 Å². The van der Waals surface area contributed by atoms with E-state index in [1.165, 1.54) is 12.8 Å². The summed E-state index contributed by atoms with van der Waals surface area (Å²) >= 11 is 0. The monoisotopic (exact) mass is 242 g/mol.